The number of nitrogens with one attached hydrogen (secondary N) is 1. The number of phosphoric ester groups is 1. The van der Waals surface area contributed by atoms with Crippen LogP contribution < -0.4 is 5.32 Å². The van der Waals surface area contributed by atoms with Crippen molar-refractivity contribution in [3.8, 4) is 0 Å². The molecule has 0 saturated heterocycles. The lowest BCUT2D eigenvalue weighted by Crippen LogP contribution is -2.45. The van der Waals surface area contributed by atoms with Gasteiger partial charge in [0.25, 0.3) is 0 Å². The summed E-state index contributed by atoms with van der Waals surface area (Å²) in [4.78, 5) is 23.2. The van der Waals surface area contributed by atoms with Crippen LogP contribution in [-0.4, -0.2) is 73.4 Å². The topological polar surface area (TPSA) is 105 Å². The summed E-state index contributed by atoms with van der Waals surface area (Å²) in [5.74, 6) is -0.215. The van der Waals surface area contributed by atoms with Crippen LogP contribution in [0.1, 0.15) is 200 Å². The second-order valence-electron chi connectivity index (χ2n) is 18.5. The first-order valence-electron chi connectivity index (χ1n) is 26.1. The number of phosphoric acid groups is 1. The van der Waals surface area contributed by atoms with E-state index in [0.29, 0.717) is 17.4 Å². The van der Waals surface area contributed by atoms with E-state index in [-0.39, 0.29) is 19.1 Å². The normalized spacial score (nSPS) is 14.9. The highest BCUT2D eigenvalue weighted by molar-refractivity contribution is 7.47. The van der Waals surface area contributed by atoms with E-state index in [1.165, 1.54) is 89.9 Å². The van der Waals surface area contributed by atoms with E-state index in [1.54, 1.807) is 6.08 Å². The van der Waals surface area contributed by atoms with Gasteiger partial charge >= 0.3 is 7.82 Å². The van der Waals surface area contributed by atoms with Gasteiger partial charge in [-0.1, -0.05) is 207 Å². The fourth-order valence-corrected chi connectivity index (χ4v) is 7.68. The van der Waals surface area contributed by atoms with E-state index in [1.807, 2.05) is 27.2 Å². The van der Waals surface area contributed by atoms with Gasteiger partial charge in [0.05, 0.1) is 39.9 Å². The summed E-state index contributed by atoms with van der Waals surface area (Å²) >= 11 is 0. The van der Waals surface area contributed by atoms with Crippen LogP contribution in [0.2, 0.25) is 0 Å². The van der Waals surface area contributed by atoms with Crippen molar-refractivity contribution in [1.82, 2.24) is 5.32 Å². The van der Waals surface area contributed by atoms with Gasteiger partial charge in [0.1, 0.15) is 13.2 Å². The van der Waals surface area contributed by atoms with Crippen molar-refractivity contribution < 1.29 is 32.9 Å². The van der Waals surface area contributed by atoms with Crippen molar-refractivity contribution >= 4 is 13.7 Å². The summed E-state index contributed by atoms with van der Waals surface area (Å²) in [6.07, 6.45) is 66.4. The standard InChI is InChI=1S/C56H99N2O6P/c1-6-8-10-12-14-16-18-20-22-24-26-28-29-30-32-34-36-38-40-42-44-46-48-50-56(60)57-54(53-64-65(61,62)63-52-51-58(3,4)5)55(59)49-47-45-43-41-39-37-35-33-31-27-25-23-21-19-17-15-13-11-9-7-2/h8,10,14,16,20,22,26,28,30,32,36,38-39,41,47,49,54-55,59H,6-7,9,11-13,15,17-19,21,23-25,27,29,31,33-35,37,40,42-46,48,50-53H2,1-5H3,(H-,57,60,61,62)/p+1/b10-8-,16-14-,22-20-,28-26-,32-30-,38-36-,41-39+,49-47+. The van der Waals surface area contributed by atoms with Gasteiger partial charge in [-0.3, -0.25) is 13.8 Å². The molecule has 0 aliphatic carbocycles. The summed E-state index contributed by atoms with van der Waals surface area (Å²) in [6.45, 7) is 4.65. The first kappa shape index (κ1) is 62.4. The second-order valence-corrected chi connectivity index (χ2v) is 20.0. The average molecular weight is 928 g/mol. The van der Waals surface area contributed by atoms with Crippen molar-refractivity contribution in [2.45, 2.75) is 212 Å². The Morgan fingerprint density at radius 2 is 0.938 bits per heavy atom. The van der Waals surface area contributed by atoms with Crippen molar-refractivity contribution in [3.63, 3.8) is 0 Å². The highest BCUT2D eigenvalue weighted by Gasteiger charge is 2.27. The van der Waals surface area contributed by atoms with Crippen LogP contribution in [0.4, 0.5) is 0 Å². The molecule has 0 radical (unpaired) electrons. The van der Waals surface area contributed by atoms with Crippen molar-refractivity contribution in [1.29, 1.82) is 0 Å². The predicted molar refractivity (Wildman–Crippen MR) is 281 cm³/mol. The molecule has 0 aliphatic heterocycles. The smallest absolute Gasteiger partial charge is 0.387 e. The molecule has 9 heteroatoms. The third-order valence-electron chi connectivity index (χ3n) is 11.0. The lowest BCUT2D eigenvalue weighted by atomic mass is 10.0. The van der Waals surface area contributed by atoms with Gasteiger partial charge in [0.2, 0.25) is 5.91 Å². The Kier molecular flexibility index (Phi) is 44.7. The van der Waals surface area contributed by atoms with E-state index in [9.17, 15) is 19.4 Å². The molecule has 3 N–H and O–H groups in total. The molecule has 0 heterocycles. The average Bonchev–Trinajstić information content (AvgIpc) is 3.26. The van der Waals surface area contributed by atoms with Gasteiger partial charge < -0.3 is 19.8 Å². The molecule has 0 spiro atoms. The number of hydrogen-bond donors (Lipinski definition) is 3. The number of nitrogens with zero attached hydrogens (tertiary/aromatic N) is 1. The van der Waals surface area contributed by atoms with Gasteiger partial charge in [-0.05, 0) is 83.5 Å². The van der Waals surface area contributed by atoms with Crippen LogP contribution in [0.5, 0.6) is 0 Å². The minimum Gasteiger partial charge on any atom is -0.387 e. The van der Waals surface area contributed by atoms with E-state index >= 15 is 0 Å². The Morgan fingerprint density at radius 3 is 1.42 bits per heavy atom. The summed E-state index contributed by atoms with van der Waals surface area (Å²) in [5, 5.41) is 13.9. The number of rotatable bonds is 46. The van der Waals surface area contributed by atoms with E-state index < -0.39 is 20.0 Å². The fourth-order valence-electron chi connectivity index (χ4n) is 6.94. The Hall–Kier alpha value is -2.58. The van der Waals surface area contributed by atoms with Gasteiger partial charge in [-0.25, -0.2) is 4.57 Å². The molecule has 3 atom stereocenters. The molecule has 8 nitrogen and oxygen atoms in total. The van der Waals surface area contributed by atoms with Crippen molar-refractivity contribution in [2.75, 3.05) is 40.9 Å². The van der Waals surface area contributed by atoms with Crippen LogP contribution >= 0.6 is 7.82 Å². The molecule has 65 heavy (non-hydrogen) atoms. The zero-order chi connectivity index (χ0) is 47.8. The number of carbonyl (C=O) groups is 1. The maximum Gasteiger partial charge on any atom is 0.472 e. The van der Waals surface area contributed by atoms with Crippen LogP contribution in [0.15, 0.2) is 97.2 Å². The fraction of sp³-hybridized carbons (Fsp3) is 0.696. The molecular weight excluding hydrogens is 828 g/mol. The molecule has 3 unspecified atom stereocenters. The van der Waals surface area contributed by atoms with Crippen LogP contribution in [0.3, 0.4) is 0 Å². The Morgan fingerprint density at radius 1 is 0.538 bits per heavy atom. The summed E-state index contributed by atoms with van der Waals surface area (Å²) in [7, 11) is 1.52. The van der Waals surface area contributed by atoms with Gasteiger partial charge in [0.15, 0.2) is 0 Å². The van der Waals surface area contributed by atoms with E-state index in [0.717, 1.165) is 89.9 Å². The third-order valence-corrected chi connectivity index (χ3v) is 12.0. The number of aliphatic hydroxyl groups is 1. The molecular formula is C56H100N2O6P+. The molecule has 0 bridgehead atoms. The minimum absolute atomic E-state index is 0.0454. The lowest BCUT2D eigenvalue weighted by Gasteiger charge is -2.25. The molecule has 374 valence electrons. The highest BCUT2D eigenvalue weighted by Crippen LogP contribution is 2.43. The number of allylic oxidation sites excluding steroid dienone is 15. The number of unbranched alkanes of at least 4 members (excludes halogenated alkanes) is 19. The summed E-state index contributed by atoms with van der Waals surface area (Å²) in [5.41, 5.74) is 0. The van der Waals surface area contributed by atoms with E-state index in [2.05, 4.69) is 104 Å². The van der Waals surface area contributed by atoms with Crippen molar-refractivity contribution in [2.24, 2.45) is 0 Å². The third kappa shape index (κ3) is 49.2. The SMILES string of the molecule is CC/C=C\C/C=C\C/C=C\C/C=C\C/C=C\C/C=C\CCCCCCC(=O)NC(COP(=O)(O)OCC[N+](C)(C)C)C(O)/C=C/CC/C=C/CCCCCCCCCCCCCCCC. The molecule has 0 rings (SSSR count). The molecule has 0 aromatic rings. The van der Waals surface area contributed by atoms with Gasteiger partial charge in [-0.15, -0.1) is 0 Å². The monoisotopic (exact) mass is 928 g/mol. The molecule has 1 amide bonds. The number of amides is 1. The Balaban J connectivity index is 4.44. The molecule has 0 aromatic carbocycles. The number of quaternary nitrogens is 1. The molecule has 0 saturated carbocycles. The van der Waals surface area contributed by atoms with Crippen LogP contribution in [-0.2, 0) is 18.4 Å². The first-order chi connectivity index (χ1) is 31.5. The van der Waals surface area contributed by atoms with Crippen LogP contribution in [0.25, 0.3) is 0 Å². The van der Waals surface area contributed by atoms with Crippen molar-refractivity contribution in [3.05, 3.63) is 97.2 Å². The number of likely N-dealkylation sites (N-methyl/N-ethyl adjacent to an activating group) is 1. The second kappa shape index (κ2) is 46.5. The molecule has 0 aliphatic rings. The maximum atomic E-state index is 12.9. The number of carbonyl (C=O) groups excluding carboxylic acids is 1. The summed E-state index contributed by atoms with van der Waals surface area (Å²) in [6, 6.07) is -0.884. The summed E-state index contributed by atoms with van der Waals surface area (Å²) < 4.78 is 23.6. The van der Waals surface area contributed by atoms with Crippen LogP contribution in [0, 0.1) is 0 Å². The Labute approximate surface area is 400 Å². The lowest BCUT2D eigenvalue weighted by molar-refractivity contribution is -0.870. The Bertz CT molecular complexity index is 1370. The van der Waals surface area contributed by atoms with E-state index in [4.69, 9.17) is 9.05 Å². The highest BCUT2D eigenvalue weighted by atomic mass is 31.2. The number of aliphatic hydroxyl groups excluding tert-OH is 1. The molecule has 0 fully saturated rings. The van der Waals surface area contributed by atoms with Gasteiger partial charge in [0, 0.05) is 6.42 Å². The maximum absolute atomic E-state index is 12.9. The molecule has 0 aromatic heterocycles. The number of hydrogen-bond acceptors (Lipinski definition) is 5. The quantitative estimate of drug-likeness (QED) is 0.0243. The van der Waals surface area contributed by atoms with Gasteiger partial charge in [-0.2, -0.15) is 0 Å². The zero-order valence-electron chi connectivity index (χ0n) is 42.4. The zero-order valence-corrected chi connectivity index (χ0v) is 43.3. The largest absolute Gasteiger partial charge is 0.472 e. The predicted octanol–water partition coefficient (Wildman–Crippen LogP) is 15.5. The first-order valence-corrected chi connectivity index (χ1v) is 27.6. The minimum atomic E-state index is -4.37.